The molecule has 1 atom stereocenters. The standard InChI is InChI=1S/C14H21F3N2O3/c1-10-4-7-18(8-5-10)12(20)11-3-2-6-19(11)13(21)22-9-14(15,16)17/h10-11H,2-9H2,1H3/t11-/m0/s1. The van der Waals surface area contributed by atoms with E-state index in [-0.39, 0.29) is 12.5 Å². The second-order valence-corrected chi connectivity index (χ2v) is 6.03. The lowest BCUT2D eigenvalue weighted by Gasteiger charge is -2.34. The Balaban J connectivity index is 1.92. The molecule has 0 spiro atoms. The van der Waals surface area contributed by atoms with E-state index in [2.05, 4.69) is 11.7 Å². The third-order valence-corrected chi connectivity index (χ3v) is 4.23. The summed E-state index contributed by atoms with van der Waals surface area (Å²) in [7, 11) is 0. The van der Waals surface area contributed by atoms with Crippen molar-refractivity contribution in [2.45, 2.75) is 44.8 Å². The van der Waals surface area contributed by atoms with Gasteiger partial charge in [-0.15, -0.1) is 0 Å². The van der Waals surface area contributed by atoms with Gasteiger partial charge in [0.1, 0.15) is 6.04 Å². The second kappa shape index (κ2) is 6.75. The molecular formula is C14H21F3N2O3. The molecule has 0 aromatic rings. The van der Waals surface area contributed by atoms with Crippen molar-refractivity contribution < 1.29 is 27.5 Å². The highest BCUT2D eigenvalue weighted by atomic mass is 19.4. The monoisotopic (exact) mass is 322 g/mol. The fraction of sp³-hybridized carbons (Fsp3) is 0.857. The van der Waals surface area contributed by atoms with E-state index >= 15 is 0 Å². The molecule has 5 nitrogen and oxygen atoms in total. The summed E-state index contributed by atoms with van der Waals surface area (Å²) in [5.74, 6) is 0.397. The zero-order valence-corrected chi connectivity index (χ0v) is 12.6. The topological polar surface area (TPSA) is 49.9 Å². The molecule has 2 rings (SSSR count). The third kappa shape index (κ3) is 4.27. The number of ether oxygens (including phenoxy) is 1. The van der Waals surface area contributed by atoms with E-state index in [9.17, 15) is 22.8 Å². The predicted molar refractivity (Wildman–Crippen MR) is 72.1 cm³/mol. The molecule has 2 saturated heterocycles. The predicted octanol–water partition coefficient (Wildman–Crippen LogP) is 2.41. The molecule has 0 bridgehead atoms. The van der Waals surface area contributed by atoms with Crippen LogP contribution in [-0.2, 0) is 9.53 Å². The van der Waals surface area contributed by atoms with Crippen LogP contribution in [0.5, 0.6) is 0 Å². The van der Waals surface area contributed by atoms with Gasteiger partial charge in [0.2, 0.25) is 5.91 Å². The highest BCUT2D eigenvalue weighted by Gasteiger charge is 2.39. The SMILES string of the molecule is CC1CCN(C(=O)[C@@H]2CCCN2C(=O)OCC(F)(F)F)CC1. The molecule has 2 aliphatic rings. The molecule has 2 heterocycles. The molecule has 8 heteroatoms. The maximum atomic E-state index is 12.5. The van der Waals surface area contributed by atoms with Gasteiger partial charge in [0.25, 0.3) is 0 Å². The van der Waals surface area contributed by atoms with Crippen LogP contribution >= 0.6 is 0 Å². The lowest BCUT2D eigenvalue weighted by Crippen LogP contribution is -2.50. The molecule has 0 saturated carbocycles. The van der Waals surface area contributed by atoms with Gasteiger partial charge in [-0.2, -0.15) is 13.2 Å². The highest BCUT2D eigenvalue weighted by Crippen LogP contribution is 2.24. The lowest BCUT2D eigenvalue weighted by molar-refractivity contribution is -0.163. The Morgan fingerprint density at radius 2 is 1.77 bits per heavy atom. The number of piperidine rings is 1. The number of amides is 2. The molecule has 2 fully saturated rings. The van der Waals surface area contributed by atoms with Gasteiger partial charge in [-0.1, -0.05) is 6.92 Å². The first-order valence-electron chi connectivity index (χ1n) is 7.57. The van der Waals surface area contributed by atoms with Crippen LogP contribution in [-0.4, -0.2) is 60.3 Å². The zero-order valence-electron chi connectivity index (χ0n) is 12.6. The van der Waals surface area contributed by atoms with Gasteiger partial charge in [0.15, 0.2) is 6.61 Å². The van der Waals surface area contributed by atoms with E-state index in [0.717, 1.165) is 17.7 Å². The molecule has 22 heavy (non-hydrogen) atoms. The Kier molecular flexibility index (Phi) is 5.18. The summed E-state index contributed by atoms with van der Waals surface area (Å²) in [4.78, 5) is 27.1. The van der Waals surface area contributed by atoms with E-state index in [1.54, 1.807) is 4.90 Å². The zero-order chi connectivity index (χ0) is 16.3. The molecule has 126 valence electrons. The first kappa shape index (κ1) is 16.9. The molecule has 0 aromatic carbocycles. The van der Waals surface area contributed by atoms with Crippen molar-refractivity contribution in [1.82, 2.24) is 9.80 Å². The minimum atomic E-state index is -4.56. The normalized spacial score (nSPS) is 23.7. The van der Waals surface area contributed by atoms with Crippen molar-refractivity contribution in [3.8, 4) is 0 Å². The Morgan fingerprint density at radius 3 is 2.36 bits per heavy atom. The molecule has 0 N–H and O–H groups in total. The number of halogens is 3. The van der Waals surface area contributed by atoms with Gasteiger partial charge in [-0.3, -0.25) is 9.69 Å². The number of carbonyl (C=O) groups is 2. The van der Waals surface area contributed by atoms with Crippen LogP contribution in [0.15, 0.2) is 0 Å². The van der Waals surface area contributed by atoms with Crippen LogP contribution in [0, 0.1) is 5.92 Å². The minimum absolute atomic E-state index is 0.173. The smallest absolute Gasteiger partial charge is 0.422 e. The van der Waals surface area contributed by atoms with Gasteiger partial charge < -0.3 is 9.64 Å². The van der Waals surface area contributed by atoms with E-state index in [1.807, 2.05) is 0 Å². The third-order valence-electron chi connectivity index (χ3n) is 4.23. The van der Waals surface area contributed by atoms with Gasteiger partial charge in [-0.25, -0.2) is 4.79 Å². The molecule has 0 aliphatic carbocycles. The largest absolute Gasteiger partial charge is 0.440 e. The Bertz CT molecular complexity index is 420. The number of hydrogen-bond acceptors (Lipinski definition) is 3. The van der Waals surface area contributed by atoms with Gasteiger partial charge >= 0.3 is 12.3 Å². The van der Waals surface area contributed by atoms with Gasteiger partial charge in [0, 0.05) is 19.6 Å². The number of carbonyl (C=O) groups excluding carboxylic acids is 2. The molecule has 0 radical (unpaired) electrons. The van der Waals surface area contributed by atoms with Crippen LogP contribution < -0.4 is 0 Å². The van der Waals surface area contributed by atoms with Crippen molar-refractivity contribution in [2.24, 2.45) is 5.92 Å². The average Bonchev–Trinajstić information content (AvgIpc) is 2.93. The number of nitrogens with zero attached hydrogens (tertiary/aromatic N) is 2. The molecule has 2 amide bonds. The van der Waals surface area contributed by atoms with Crippen molar-refractivity contribution in [3.05, 3.63) is 0 Å². The quantitative estimate of drug-likeness (QED) is 0.784. The molecule has 0 aromatic heterocycles. The van der Waals surface area contributed by atoms with Crippen LogP contribution in [0.3, 0.4) is 0 Å². The Hall–Kier alpha value is -1.47. The Morgan fingerprint density at radius 1 is 1.14 bits per heavy atom. The van der Waals surface area contributed by atoms with Crippen molar-refractivity contribution >= 4 is 12.0 Å². The number of hydrogen-bond donors (Lipinski definition) is 0. The van der Waals surface area contributed by atoms with E-state index < -0.39 is 24.9 Å². The summed E-state index contributed by atoms with van der Waals surface area (Å²) in [5.41, 5.74) is 0. The summed E-state index contributed by atoms with van der Waals surface area (Å²) in [5, 5.41) is 0. The van der Waals surface area contributed by atoms with Crippen LogP contribution in [0.4, 0.5) is 18.0 Å². The van der Waals surface area contributed by atoms with E-state index in [0.29, 0.717) is 31.8 Å². The highest BCUT2D eigenvalue weighted by molar-refractivity contribution is 5.86. The maximum absolute atomic E-state index is 12.5. The summed E-state index contributed by atoms with van der Waals surface area (Å²) >= 11 is 0. The molecular weight excluding hydrogens is 301 g/mol. The number of alkyl halides is 3. The first-order chi connectivity index (χ1) is 10.3. The van der Waals surface area contributed by atoms with Gasteiger partial charge in [0.05, 0.1) is 0 Å². The number of rotatable bonds is 2. The average molecular weight is 322 g/mol. The van der Waals surface area contributed by atoms with Crippen molar-refractivity contribution in [3.63, 3.8) is 0 Å². The van der Waals surface area contributed by atoms with Crippen molar-refractivity contribution in [1.29, 1.82) is 0 Å². The fourth-order valence-corrected chi connectivity index (χ4v) is 2.91. The fourth-order valence-electron chi connectivity index (χ4n) is 2.91. The molecule has 0 unspecified atom stereocenters. The summed E-state index contributed by atoms with van der Waals surface area (Å²) < 4.78 is 40.6. The maximum Gasteiger partial charge on any atom is 0.422 e. The summed E-state index contributed by atoms with van der Waals surface area (Å²) in [6.45, 7) is 2.05. The Labute approximate surface area is 127 Å². The van der Waals surface area contributed by atoms with Gasteiger partial charge in [-0.05, 0) is 31.6 Å². The van der Waals surface area contributed by atoms with Crippen LogP contribution in [0.1, 0.15) is 32.6 Å². The summed E-state index contributed by atoms with van der Waals surface area (Å²) in [6, 6.07) is -0.686. The lowest BCUT2D eigenvalue weighted by atomic mass is 9.98. The summed E-state index contributed by atoms with van der Waals surface area (Å²) in [6.07, 6.45) is -2.71. The first-order valence-corrected chi connectivity index (χ1v) is 7.57. The minimum Gasteiger partial charge on any atom is -0.440 e. The molecule has 2 aliphatic heterocycles. The second-order valence-electron chi connectivity index (χ2n) is 6.03. The van der Waals surface area contributed by atoms with Crippen molar-refractivity contribution in [2.75, 3.05) is 26.2 Å². The van der Waals surface area contributed by atoms with Crippen LogP contribution in [0.2, 0.25) is 0 Å². The van der Waals surface area contributed by atoms with Crippen LogP contribution in [0.25, 0.3) is 0 Å². The number of likely N-dealkylation sites (tertiary alicyclic amines) is 2. The van der Waals surface area contributed by atoms with E-state index in [4.69, 9.17) is 0 Å². The van der Waals surface area contributed by atoms with E-state index in [1.165, 1.54) is 0 Å².